The number of nitrogens with zero attached hydrogens (tertiary/aromatic N) is 3. The van der Waals surface area contributed by atoms with Crippen LogP contribution in [-0.4, -0.2) is 22.9 Å². The van der Waals surface area contributed by atoms with Crippen molar-refractivity contribution in [1.82, 2.24) is 15.3 Å². The molecule has 0 bridgehead atoms. The minimum Gasteiger partial charge on any atom is -0.347 e. The van der Waals surface area contributed by atoms with Crippen LogP contribution in [0.2, 0.25) is 0 Å². The van der Waals surface area contributed by atoms with Crippen molar-refractivity contribution in [3.63, 3.8) is 0 Å². The number of carbonyl (C=O) groups excluding carboxylic acids is 1. The van der Waals surface area contributed by atoms with Gasteiger partial charge in [-0.05, 0) is 24.1 Å². The van der Waals surface area contributed by atoms with Gasteiger partial charge in [-0.3, -0.25) is 4.79 Å². The monoisotopic (exact) mass is 346 g/mol. The lowest BCUT2D eigenvalue weighted by molar-refractivity contribution is 0.0945. The van der Waals surface area contributed by atoms with E-state index < -0.39 is 0 Å². The van der Waals surface area contributed by atoms with E-state index in [1.165, 1.54) is 0 Å². The van der Waals surface area contributed by atoms with Crippen molar-refractivity contribution in [3.05, 3.63) is 89.2 Å². The summed E-state index contributed by atoms with van der Waals surface area (Å²) in [6.45, 7) is 3.02. The highest BCUT2D eigenvalue weighted by Crippen LogP contribution is 2.12. The van der Waals surface area contributed by atoms with Gasteiger partial charge in [-0.2, -0.15) is 0 Å². The molecule has 0 unspecified atom stereocenters. The largest absolute Gasteiger partial charge is 0.347 e. The molecule has 0 radical (unpaired) electrons. The van der Waals surface area contributed by atoms with Gasteiger partial charge in [0.25, 0.3) is 5.91 Å². The highest BCUT2D eigenvalue weighted by molar-refractivity contribution is 5.92. The molecule has 5 heteroatoms. The van der Waals surface area contributed by atoms with E-state index in [0.717, 1.165) is 16.8 Å². The van der Waals surface area contributed by atoms with Crippen LogP contribution in [0.15, 0.2) is 66.7 Å². The summed E-state index contributed by atoms with van der Waals surface area (Å²) in [7, 11) is 1.92. The maximum atomic E-state index is 12.5. The van der Waals surface area contributed by atoms with Gasteiger partial charge < -0.3 is 10.2 Å². The zero-order chi connectivity index (χ0) is 18.4. The molecular formula is C21H22N4O. The van der Waals surface area contributed by atoms with Crippen LogP contribution in [0.3, 0.4) is 0 Å². The SMILES string of the molecule is Cc1cc(C(=O)NCc2ccccc2)nc(N(C)Cc2ccccc2)n1. The first-order valence-corrected chi connectivity index (χ1v) is 8.54. The Morgan fingerprint density at radius 1 is 0.962 bits per heavy atom. The Bertz CT molecular complexity index is 866. The highest BCUT2D eigenvalue weighted by atomic mass is 16.1. The lowest BCUT2D eigenvalue weighted by atomic mass is 10.2. The Morgan fingerprint density at radius 2 is 1.58 bits per heavy atom. The topological polar surface area (TPSA) is 58.1 Å². The van der Waals surface area contributed by atoms with E-state index in [-0.39, 0.29) is 5.91 Å². The van der Waals surface area contributed by atoms with Gasteiger partial charge in [0.05, 0.1) is 0 Å². The number of hydrogen-bond acceptors (Lipinski definition) is 4. The number of benzene rings is 2. The molecule has 2 aromatic carbocycles. The Morgan fingerprint density at radius 3 is 2.23 bits per heavy atom. The summed E-state index contributed by atoms with van der Waals surface area (Å²) in [5, 5.41) is 2.91. The number of nitrogens with one attached hydrogen (secondary N) is 1. The quantitative estimate of drug-likeness (QED) is 0.744. The summed E-state index contributed by atoms with van der Waals surface area (Å²) in [4.78, 5) is 23.3. The first-order valence-electron chi connectivity index (χ1n) is 8.54. The number of aryl methyl sites for hydroxylation is 1. The second-order valence-corrected chi connectivity index (χ2v) is 6.20. The number of aromatic nitrogens is 2. The number of anilines is 1. The van der Waals surface area contributed by atoms with Crippen LogP contribution in [0.5, 0.6) is 0 Å². The van der Waals surface area contributed by atoms with Crippen molar-refractivity contribution in [2.45, 2.75) is 20.0 Å². The van der Waals surface area contributed by atoms with Gasteiger partial charge in [-0.1, -0.05) is 60.7 Å². The van der Waals surface area contributed by atoms with E-state index in [1.807, 2.05) is 67.4 Å². The van der Waals surface area contributed by atoms with E-state index in [1.54, 1.807) is 6.07 Å². The lowest BCUT2D eigenvalue weighted by Crippen LogP contribution is -2.26. The first kappa shape index (κ1) is 17.6. The summed E-state index contributed by atoms with van der Waals surface area (Å²) < 4.78 is 0. The molecule has 3 aromatic rings. The Kier molecular flexibility index (Phi) is 5.59. The van der Waals surface area contributed by atoms with E-state index >= 15 is 0 Å². The summed E-state index contributed by atoms with van der Waals surface area (Å²) in [6, 6.07) is 21.6. The van der Waals surface area contributed by atoms with Gasteiger partial charge in [0, 0.05) is 25.8 Å². The molecule has 0 aliphatic rings. The van der Waals surface area contributed by atoms with E-state index in [2.05, 4.69) is 27.4 Å². The second-order valence-electron chi connectivity index (χ2n) is 6.20. The van der Waals surface area contributed by atoms with Gasteiger partial charge in [0.15, 0.2) is 0 Å². The summed E-state index contributed by atoms with van der Waals surface area (Å²) >= 11 is 0. The maximum absolute atomic E-state index is 12.5. The highest BCUT2D eigenvalue weighted by Gasteiger charge is 2.13. The fraction of sp³-hybridized carbons (Fsp3) is 0.190. The van der Waals surface area contributed by atoms with Crippen LogP contribution in [0.1, 0.15) is 27.3 Å². The van der Waals surface area contributed by atoms with Crippen molar-refractivity contribution >= 4 is 11.9 Å². The molecule has 1 aromatic heterocycles. The molecule has 0 aliphatic heterocycles. The van der Waals surface area contributed by atoms with Gasteiger partial charge >= 0.3 is 0 Å². The number of carbonyl (C=O) groups is 1. The minimum atomic E-state index is -0.200. The van der Waals surface area contributed by atoms with Crippen LogP contribution in [0.25, 0.3) is 0 Å². The van der Waals surface area contributed by atoms with Gasteiger partial charge in [0.1, 0.15) is 5.69 Å². The average molecular weight is 346 g/mol. The van der Waals surface area contributed by atoms with E-state index in [0.29, 0.717) is 24.7 Å². The molecule has 1 amide bonds. The fourth-order valence-corrected chi connectivity index (χ4v) is 2.64. The summed E-state index contributed by atoms with van der Waals surface area (Å²) in [5.41, 5.74) is 3.35. The van der Waals surface area contributed by atoms with Crippen molar-refractivity contribution in [3.8, 4) is 0 Å². The molecule has 1 N–H and O–H groups in total. The van der Waals surface area contributed by atoms with Crippen LogP contribution >= 0.6 is 0 Å². The molecule has 0 spiro atoms. The molecule has 26 heavy (non-hydrogen) atoms. The predicted octanol–water partition coefficient (Wildman–Crippen LogP) is 3.35. The second kappa shape index (κ2) is 8.25. The molecule has 0 atom stereocenters. The minimum absolute atomic E-state index is 0.200. The lowest BCUT2D eigenvalue weighted by Gasteiger charge is -2.18. The average Bonchev–Trinajstić information content (AvgIpc) is 2.67. The van der Waals surface area contributed by atoms with E-state index in [4.69, 9.17) is 0 Å². The molecule has 1 heterocycles. The van der Waals surface area contributed by atoms with Crippen molar-refractivity contribution in [1.29, 1.82) is 0 Å². The summed E-state index contributed by atoms with van der Waals surface area (Å²) in [6.07, 6.45) is 0. The number of rotatable bonds is 6. The Labute approximate surface area is 153 Å². The molecule has 0 saturated heterocycles. The molecule has 5 nitrogen and oxygen atoms in total. The van der Waals surface area contributed by atoms with Crippen LogP contribution in [0, 0.1) is 6.92 Å². The van der Waals surface area contributed by atoms with Gasteiger partial charge in [-0.25, -0.2) is 9.97 Å². The number of amides is 1. The molecule has 0 saturated carbocycles. The zero-order valence-corrected chi connectivity index (χ0v) is 15.0. The molecule has 0 fully saturated rings. The smallest absolute Gasteiger partial charge is 0.270 e. The molecule has 3 rings (SSSR count). The fourth-order valence-electron chi connectivity index (χ4n) is 2.64. The third-order valence-electron chi connectivity index (χ3n) is 3.97. The predicted molar refractivity (Wildman–Crippen MR) is 103 cm³/mol. The molecular weight excluding hydrogens is 324 g/mol. The van der Waals surface area contributed by atoms with Crippen LogP contribution in [-0.2, 0) is 13.1 Å². The zero-order valence-electron chi connectivity index (χ0n) is 15.0. The molecule has 132 valence electrons. The third-order valence-corrected chi connectivity index (χ3v) is 3.97. The Balaban J connectivity index is 1.71. The number of hydrogen-bond donors (Lipinski definition) is 1. The normalized spacial score (nSPS) is 10.4. The third kappa shape index (κ3) is 4.66. The Hall–Kier alpha value is -3.21. The van der Waals surface area contributed by atoms with Crippen molar-refractivity contribution in [2.75, 3.05) is 11.9 Å². The van der Waals surface area contributed by atoms with Gasteiger partial charge in [0.2, 0.25) is 5.95 Å². The van der Waals surface area contributed by atoms with Crippen LogP contribution < -0.4 is 10.2 Å². The van der Waals surface area contributed by atoms with E-state index in [9.17, 15) is 4.79 Å². The molecule has 0 aliphatic carbocycles. The maximum Gasteiger partial charge on any atom is 0.270 e. The first-order chi connectivity index (χ1) is 12.6. The van der Waals surface area contributed by atoms with Crippen LogP contribution in [0.4, 0.5) is 5.95 Å². The summed E-state index contributed by atoms with van der Waals surface area (Å²) in [5.74, 6) is 0.340. The van der Waals surface area contributed by atoms with Crippen molar-refractivity contribution in [2.24, 2.45) is 0 Å². The standard InChI is InChI=1S/C21H22N4O/c1-16-13-19(20(26)22-14-17-9-5-3-6-10-17)24-21(23-16)25(2)15-18-11-7-4-8-12-18/h3-13H,14-15H2,1-2H3,(H,22,26). The van der Waals surface area contributed by atoms with Crippen molar-refractivity contribution < 1.29 is 4.79 Å². The van der Waals surface area contributed by atoms with Gasteiger partial charge in [-0.15, -0.1) is 0 Å².